The molecule has 0 N–H and O–H groups in total. The van der Waals surface area contributed by atoms with E-state index in [0.29, 0.717) is 18.8 Å². The van der Waals surface area contributed by atoms with Crippen LogP contribution in [0.5, 0.6) is 5.75 Å². The highest BCUT2D eigenvalue weighted by molar-refractivity contribution is 9.10. The van der Waals surface area contributed by atoms with Crippen molar-refractivity contribution >= 4 is 27.5 Å². The monoisotopic (exact) mass is 587 g/mol. The van der Waals surface area contributed by atoms with Crippen LogP contribution in [0.2, 0.25) is 0 Å². The quantitative estimate of drug-likeness (QED) is 0.212. The van der Waals surface area contributed by atoms with Gasteiger partial charge in [-0.3, -0.25) is 4.79 Å². The lowest BCUT2D eigenvalue weighted by atomic mass is 9.76. The number of amides is 1. The summed E-state index contributed by atoms with van der Waals surface area (Å²) in [6.07, 6.45) is -0.183. The summed E-state index contributed by atoms with van der Waals surface area (Å²) >= 11 is 3.59. The number of carbonyl (C=O) groups is 1. The minimum atomic E-state index is -0.433. The molecule has 39 heavy (non-hydrogen) atoms. The third-order valence-electron chi connectivity index (χ3n) is 7.35. The Kier molecular flexibility index (Phi) is 7.46. The lowest BCUT2D eigenvalue weighted by Crippen LogP contribution is -2.60. The van der Waals surface area contributed by atoms with Crippen molar-refractivity contribution in [1.29, 1.82) is 0 Å². The molecule has 1 amide bonds. The van der Waals surface area contributed by atoms with Crippen LogP contribution in [0.3, 0.4) is 0 Å². The molecule has 198 valence electrons. The summed E-state index contributed by atoms with van der Waals surface area (Å²) in [5.41, 5.74) is 3.65. The number of β-lactam (4-membered cyclic amide) rings is 1. The third-order valence-corrected chi connectivity index (χ3v) is 7.84. The van der Waals surface area contributed by atoms with Gasteiger partial charge in [0.15, 0.2) is 0 Å². The Balaban J connectivity index is 1.33. The van der Waals surface area contributed by atoms with E-state index in [-0.39, 0.29) is 36.8 Å². The number of rotatable bonds is 7. The molecule has 5 nitrogen and oxygen atoms in total. The topological polar surface area (TPSA) is 48.0 Å². The highest BCUT2D eigenvalue weighted by Gasteiger charge is 2.55. The van der Waals surface area contributed by atoms with Gasteiger partial charge in [0.2, 0.25) is 5.91 Å². The molecule has 4 aromatic carbocycles. The fraction of sp³-hybridized carbons (Fsp3) is 0.219. The predicted molar refractivity (Wildman–Crippen MR) is 150 cm³/mol. The first kappa shape index (κ1) is 25.7. The van der Waals surface area contributed by atoms with Gasteiger partial charge in [0, 0.05) is 22.1 Å². The first-order valence-corrected chi connectivity index (χ1v) is 13.7. The molecule has 0 radical (unpaired) electrons. The van der Waals surface area contributed by atoms with Crippen molar-refractivity contribution in [2.45, 2.75) is 31.3 Å². The van der Waals surface area contributed by atoms with Crippen LogP contribution in [0.4, 0.5) is 10.1 Å². The smallest absolute Gasteiger partial charge is 0.235 e. The molecule has 0 unspecified atom stereocenters. The van der Waals surface area contributed by atoms with Crippen LogP contribution in [-0.2, 0) is 20.9 Å². The molecular formula is C32H27BrFNO4. The summed E-state index contributed by atoms with van der Waals surface area (Å²) in [6.45, 7) is 0.466. The second-order valence-corrected chi connectivity index (χ2v) is 10.7. The van der Waals surface area contributed by atoms with Gasteiger partial charge in [-0.05, 0) is 47.5 Å². The Morgan fingerprint density at radius 3 is 2.36 bits per heavy atom. The lowest BCUT2D eigenvalue weighted by Gasteiger charge is -2.51. The maximum Gasteiger partial charge on any atom is 0.235 e. The minimum absolute atomic E-state index is 0.00659. The summed E-state index contributed by atoms with van der Waals surface area (Å²) in [5, 5.41) is 0. The fourth-order valence-electron chi connectivity index (χ4n) is 5.41. The third kappa shape index (κ3) is 5.35. The van der Waals surface area contributed by atoms with Gasteiger partial charge in [-0.25, -0.2) is 4.39 Å². The van der Waals surface area contributed by atoms with E-state index >= 15 is 0 Å². The van der Waals surface area contributed by atoms with Gasteiger partial charge in [-0.1, -0.05) is 82.7 Å². The van der Waals surface area contributed by atoms with E-state index in [0.717, 1.165) is 26.9 Å². The van der Waals surface area contributed by atoms with Crippen LogP contribution >= 0.6 is 15.9 Å². The molecule has 7 heteroatoms. The molecule has 2 aliphatic heterocycles. The van der Waals surface area contributed by atoms with Gasteiger partial charge in [-0.15, -0.1) is 0 Å². The summed E-state index contributed by atoms with van der Waals surface area (Å²) in [4.78, 5) is 15.6. The average molecular weight is 588 g/mol. The standard InChI is InChI=1S/C32H27BrFNO4/c33-23-13-16-26(28(17-23)37-19-21-7-3-1-4-8-21)31-30(32(36)35(31)25-9-5-2-6-10-25)29-18-27(38-20-39-29)22-11-14-24(34)15-12-22/h1-17,27,29-31H,18-20H2/t27-,29+,30+,31+/m0/s1. The number of hydrogen-bond donors (Lipinski definition) is 0. The first-order chi connectivity index (χ1) is 19.1. The number of ether oxygens (including phenoxy) is 3. The molecule has 6 rings (SSSR count). The molecule has 0 aliphatic carbocycles. The molecule has 0 saturated carbocycles. The average Bonchev–Trinajstić information content (AvgIpc) is 2.97. The summed E-state index contributed by atoms with van der Waals surface area (Å²) in [7, 11) is 0. The molecule has 2 saturated heterocycles. The van der Waals surface area contributed by atoms with Crippen LogP contribution in [0, 0.1) is 11.7 Å². The fourth-order valence-corrected chi connectivity index (χ4v) is 5.75. The van der Waals surface area contributed by atoms with Crippen molar-refractivity contribution in [3.63, 3.8) is 0 Å². The van der Waals surface area contributed by atoms with E-state index in [1.165, 1.54) is 12.1 Å². The number of hydrogen-bond acceptors (Lipinski definition) is 4. The molecule has 0 spiro atoms. The Morgan fingerprint density at radius 1 is 0.897 bits per heavy atom. The lowest BCUT2D eigenvalue weighted by molar-refractivity contribution is -0.200. The Morgan fingerprint density at radius 2 is 1.62 bits per heavy atom. The molecule has 0 aromatic heterocycles. The van der Waals surface area contributed by atoms with Gasteiger partial charge >= 0.3 is 0 Å². The maximum absolute atomic E-state index is 13.8. The van der Waals surface area contributed by atoms with E-state index in [1.54, 1.807) is 12.1 Å². The maximum atomic E-state index is 13.8. The van der Waals surface area contributed by atoms with E-state index in [4.69, 9.17) is 14.2 Å². The normalized spacial score (nSPS) is 22.8. The molecule has 2 aliphatic rings. The zero-order valence-corrected chi connectivity index (χ0v) is 22.7. The zero-order valence-electron chi connectivity index (χ0n) is 21.1. The molecule has 4 aromatic rings. The summed E-state index contributed by atoms with van der Waals surface area (Å²) in [6, 6.07) is 31.6. The Bertz CT molecular complexity index is 1430. The molecule has 0 bridgehead atoms. The number of para-hydroxylation sites is 1. The van der Waals surface area contributed by atoms with Gasteiger partial charge in [-0.2, -0.15) is 0 Å². The van der Waals surface area contributed by atoms with Crippen LogP contribution in [-0.4, -0.2) is 18.8 Å². The van der Waals surface area contributed by atoms with Gasteiger partial charge in [0.1, 0.15) is 25.0 Å². The van der Waals surface area contributed by atoms with Crippen molar-refractivity contribution in [1.82, 2.24) is 0 Å². The Labute approximate surface area is 235 Å². The largest absolute Gasteiger partial charge is 0.489 e. The molecule has 2 fully saturated rings. The molecular weight excluding hydrogens is 561 g/mol. The van der Waals surface area contributed by atoms with Gasteiger partial charge in [0.05, 0.1) is 24.2 Å². The highest BCUT2D eigenvalue weighted by atomic mass is 79.9. The first-order valence-electron chi connectivity index (χ1n) is 12.9. The van der Waals surface area contributed by atoms with Crippen molar-refractivity contribution in [3.8, 4) is 5.75 Å². The number of benzene rings is 4. The van der Waals surface area contributed by atoms with Crippen molar-refractivity contribution in [3.05, 3.63) is 130 Å². The van der Waals surface area contributed by atoms with Crippen LogP contribution in [0.15, 0.2) is 108 Å². The van der Waals surface area contributed by atoms with Crippen molar-refractivity contribution < 1.29 is 23.4 Å². The Hall–Kier alpha value is -3.52. The zero-order chi connectivity index (χ0) is 26.8. The van der Waals surface area contributed by atoms with Crippen molar-refractivity contribution in [2.24, 2.45) is 5.92 Å². The van der Waals surface area contributed by atoms with E-state index in [2.05, 4.69) is 15.9 Å². The molecule has 4 atom stereocenters. The number of halogens is 2. The second-order valence-electron chi connectivity index (χ2n) is 9.74. The van der Waals surface area contributed by atoms with E-state index in [9.17, 15) is 9.18 Å². The van der Waals surface area contributed by atoms with E-state index < -0.39 is 5.92 Å². The van der Waals surface area contributed by atoms with Gasteiger partial charge in [0.25, 0.3) is 0 Å². The second kappa shape index (κ2) is 11.3. The summed E-state index contributed by atoms with van der Waals surface area (Å²) < 4.78 is 32.7. The molecule has 2 heterocycles. The van der Waals surface area contributed by atoms with Crippen molar-refractivity contribution in [2.75, 3.05) is 11.7 Å². The SMILES string of the molecule is O=C1[C@H]([C@H]2C[C@@H](c3ccc(F)cc3)OCO2)[C@@H](c2ccc(Br)cc2OCc2ccccc2)N1c1ccccc1. The van der Waals surface area contributed by atoms with Crippen LogP contribution in [0.1, 0.15) is 35.3 Å². The van der Waals surface area contributed by atoms with Gasteiger partial charge < -0.3 is 19.1 Å². The number of anilines is 1. The minimum Gasteiger partial charge on any atom is -0.489 e. The van der Waals surface area contributed by atoms with E-state index in [1.807, 2.05) is 83.8 Å². The highest BCUT2D eigenvalue weighted by Crippen LogP contribution is 2.50. The summed E-state index contributed by atoms with van der Waals surface area (Å²) in [5.74, 6) is -0.0302. The number of carbonyl (C=O) groups excluding carboxylic acids is 1. The van der Waals surface area contributed by atoms with Crippen LogP contribution in [0.25, 0.3) is 0 Å². The predicted octanol–water partition coefficient (Wildman–Crippen LogP) is 7.38. The van der Waals surface area contributed by atoms with Crippen LogP contribution < -0.4 is 9.64 Å². The number of nitrogens with zero attached hydrogens (tertiary/aromatic N) is 1.